The molecule has 0 aromatic heterocycles. The maximum atomic E-state index is 12.8. The van der Waals surface area contributed by atoms with Gasteiger partial charge in [-0.3, -0.25) is 14.4 Å². The van der Waals surface area contributed by atoms with E-state index < -0.39 is 0 Å². The molecule has 0 aromatic carbocycles. The second-order valence-corrected chi connectivity index (χ2v) is 10.1. The zero-order valence-electron chi connectivity index (χ0n) is 17.8. The van der Waals surface area contributed by atoms with Gasteiger partial charge in [-0.1, -0.05) is 0 Å². The van der Waals surface area contributed by atoms with Crippen LogP contribution in [0, 0.1) is 23.2 Å². The molecule has 4 saturated carbocycles. The van der Waals surface area contributed by atoms with Crippen molar-refractivity contribution in [3.8, 4) is 0 Å². The zero-order chi connectivity index (χ0) is 20.4. The fourth-order valence-corrected chi connectivity index (χ4v) is 7.00. The van der Waals surface area contributed by atoms with Crippen molar-refractivity contribution in [3.05, 3.63) is 0 Å². The summed E-state index contributed by atoms with van der Waals surface area (Å²) >= 11 is 0. The van der Waals surface area contributed by atoms with Gasteiger partial charge in [0.25, 0.3) is 0 Å². The van der Waals surface area contributed by atoms with Crippen molar-refractivity contribution in [2.24, 2.45) is 23.2 Å². The lowest BCUT2D eigenvalue weighted by molar-refractivity contribution is -0.146. The van der Waals surface area contributed by atoms with Crippen LogP contribution < -0.4 is 5.32 Å². The lowest BCUT2D eigenvalue weighted by Gasteiger charge is -2.56. The minimum absolute atomic E-state index is 0.0106. The van der Waals surface area contributed by atoms with Gasteiger partial charge < -0.3 is 15.0 Å². The number of nitrogens with zero attached hydrogens (tertiary/aromatic N) is 1. The molecule has 6 heteroatoms. The number of hydrogen-bond acceptors (Lipinski definition) is 4. The Bertz CT molecular complexity index is 604. The highest BCUT2D eigenvalue weighted by molar-refractivity contribution is 5.81. The lowest BCUT2D eigenvalue weighted by atomic mass is 9.49. The molecule has 1 saturated heterocycles. The summed E-state index contributed by atoms with van der Waals surface area (Å²) in [5.74, 6) is 2.54. The summed E-state index contributed by atoms with van der Waals surface area (Å²) in [7, 11) is 0. The summed E-state index contributed by atoms with van der Waals surface area (Å²) in [5.41, 5.74) is 0.280. The van der Waals surface area contributed by atoms with E-state index in [-0.39, 0.29) is 42.1 Å². The Labute approximate surface area is 174 Å². The SMILES string of the molecule is CCOC(=O)CCC(=O)N1CCC(NC(=O)CC23CC4CC(CC(C4)C2)C3)CC1. The zero-order valence-corrected chi connectivity index (χ0v) is 17.8. The van der Waals surface area contributed by atoms with Gasteiger partial charge in [0, 0.05) is 32.0 Å². The highest BCUT2D eigenvalue weighted by atomic mass is 16.5. The summed E-state index contributed by atoms with van der Waals surface area (Å²) in [6.07, 6.45) is 10.7. The summed E-state index contributed by atoms with van der Waals surface area (Å²) in [6, 6.07) is 0.172. The molecule has 0 unspecified atom stereocenters. The van der Waals surface area contributed by atoms with E-state index in [0.717, 1.165) is 30.6 Å². The number of nitrogens with one attached hydrogen (secondary N) is 1. The summed E-state index contributed by atoms with van der Waals surface area (Å²) in [4.78, 5) is 38.3. The van der Waals surface area contributed by atoms with Crippen LogP contribution >= 0.6 is 0 Å². The molecular formula is C23H36N2O4. The number of amides is 2. The van der Waals surface area contributed by atoms with Crippen LogP contribution in [-0.2, 0) is 19.1 Å². The first kappa shape index (κ1) is 20.7. The third-order valence-electron chi connectivity index (χ3n) is 7.76. The molecule has 1 N–H and O–H groups in total. The first-order chi connectivity index (χ1) is 13.9. The number of hydrogen-bond donors (Lipinski definition) is 1. The Morgan fingerprint density at radius 2 is 1.55 bits per heavy atom. The van der Waals surface area contributed by atoms with E-state index in [1.165, 1.54) is 38.5 Å². The average Bonchev–Trinajstić information content (AvgIpc) is 2.65. The standard InChI is InChI=1S/C23H36N2O4/c1-2-29-22(28)4-3-21(27)25-7-5-19(6-8-25)24-20(26)15-23-12-16-9-17(13-23)11-18(10-16)14-23/h16-19H,2-15H2,1H3,(H,24,26). The number of carbonyl (C=O) groups excluding carboxylic acids is 3. The van der Waals surface area contributed by atoms with Gasteiger partial charge in [0.05, 0.1) is 13.0 Å². The highest BCUT2D eigenvalue weighted by Crippen LogP contribution is 2.61. The fourth-order valence-electron chi connectivity index (χ4n) is 7.00. The second kappa shape index (κ2) is 8.65. The van der Waals surface area contributed by atoms with Crippen LogP contribution in [0.3, 0.4) is 0 Å². The molecule has 4 bridgehead atoms. The third kappa shape index (κ3) is 4.95. The van der Waals surface area contributed by atoms with Crippen LogP contribution in [0.4, 0.5) is 0 Å². The third-order valence-corrected chi connectivity index (χ3v) is 7.76. The minimum atomic E-state index is -0.312. The van der Waals surface area contributed by atoms with Gasteiger partial charge in [0.15, 0.2) is 0 Å². The van der Waals surface area contributed by atoms with Crippen LogP contribution in [0.25, 0.3) is 0 Å². The molecule has 5 fully saturated rings. The summed E-state index contributed by atoms with van der Waals surface area (Å²) < 4.78 is 4.88. The Morgan fingerprint density at radius 1 is 0.966 bits per heavy atom. The van der Waals surface area contributed by atoms with E-state index >= 15 is 0 Å². The number of rotatable bonds is 7. The molecule has 0 atom stereocenters. The molecule has 0 spiro atoms. The van der Waals surface area contributed by atoms with E-state index in [1.54, 1.807) is 6.92 Å². The molecule has 0 aromatic rings. The molecule has 5 rings (SSSR count). The Hall–Kier alpha value is -1.59. The maximum absolute atomic E-state index is 12.8. The average molecular weight is 405 g/mol. The van der Waals surface area contributed by atoms with Crippen molar-refractivity contribution in [1.82, 2.24) is 10.2 Å². The number of esters is 1. The predicted octanol–water partition coefficient (Wildman–Crippen LogP) is 3.04. The van der Waals surface area contributed by atoms with E-state index in [1.807, 2.05) is 4.90 Å². The van der Waals surface area contributed by atoms with Gasteiger partial charge >= 0.3 is 5.97 Å². The largest absolute Gasteiger partial charge is 0.466 e. The van der Waals surface area contributed by atoms with Crippen molar-refractivity contribution in [1.29, 1.82) is 0 Å². The van der Waals surface area contributed by atoms with Crippen LogP contribution in [0.15, 0.2) is 0 Å². The first-order valence-corrected chi connectivity index (χ1v) is 11.7. The topological polar surface area (TPSA) is 75.7 Å². The van der Waals surface area contributed by atoms with Crippen LogP contribution in [0.2, 0.25) is 0 Å². The Balaban J connectivity index is 1.18. The van der Waals surface area contributed by atoms with Crippen molar-refractivity contribution < 1.29 is 19.1 Å². The minimum Gasteiger partial charge on any atom is -0.466 e. The Morgan fingerprint density at radius 3 is 2.10 bits per heavy atom. The van der Waals surface area contributed by atoms with Crippen LogP contribution in [-0.4, -0.2) is 48.4 Å². The monoisotopic (exact) mass is 404 g/mol. The molecule has 162 valence electrons. The van der Waals surface area contributed by atoms with Crippen LogP contribution in [0.1, 0.15) is 77.6 Å². The maximum Gasteiger partial charge on any atom is 0.306 e. The van der Waals surface area contributed by atoms with E-state index in [0.29, 0.717) is 26.1 Å². The molecule has 29 heavy (non-hydrogen) atoms. The lowest BCUT2D eigenvalue weighted by Crippen LogP contribution is -2.50. The van der Waals surface area contributed by atoms with E-state index in [4.69, 9.17) is 4.74 Å². The molecular weight excluding hydrogens is 368 g/mol. The molecule has 1 aliphatic heterocycles. The van der Waals surface area contributed by atoms with Crippen molar-refractivity contribution in [2.45, 2.75) is 83.6 Å². The van der Waals surface area contributed by atoms with Crippen molar-refractivity contribution in [3.63, 3.8) is 0 Å². The van der Waals surface area contributed by atoms with Gasteiger partial charge in [-0.05, 0) is 81.5 Å². The summed E-state index contributed by atoms with van der Waals surface area (Å²) in [6.45, 7) is 3.43. The van der Waals surface area contributed by atoms with Gasteiger partial charge in [-0.25, -0.2) is 0 Å². The smallest absolute Gasteiger partial charge is 0.306 e. The van der Waals surface area contributed by atoms with Gasteiger partial charge in [-0.15, -0.1) is 0 Å². The summed E-state index contributed by atoms with van der Waals surface area (Å²) in [5, 5.41) is 3.27. The molecule has 6 nitrogen and oxygen atoms in total. The number of carbonyl (C=O) groups is 3. The van der Waals surface area contributed by atoms with Gasteiger partial charge in [0.2, 0.25) is 11.8 Å². The van der Waals surface area contributed by atoms with Crippen LogP contribution in [0.5, 0.6) is 0 Å². The number of ether oxygens (including phenoxy) is 1. The first-order valence-electron chi connectivity index (χ1n) is 11.7. The second-order valence-electron chi connectivity index (χ2n) is 10.1. The van der Waals surface area contributed by atoms with Gasteiger partial charge in [0.1, 0.15) is 0 Å². The fraction of sp³-hybridized carbons (Fsp3) is 0.870. The molecule has 0 radical (unpaired) electrons. The predicted molar refractivity (Wildman–Crippen MR) is 109 cm³/mol. The van der Waals surface area contributed by atoms with E-state index in [9.17, 15) is 14.4 Å². The molecule has 5 aliphatic rings. The normalized spacial score (nSPS) is 33.6. The van der Waals surface area contributed by atoms with Gasteiger partial charge in [-0.2, -0.15) is 0 Å². The van der Waals surface area contributed by atoms with Crippen molar-refractivity contribution in [2.75, 3.05) is 19.7 Å². The highest BCUT2D eigenvalue weighted by Gasteiger charge is 2.51. The quantitative estimate of drug-likeness (QED) is 0.662. The molecule has 1 heterocycles. The van der Waals surface area contributed by atoms with E-state index in [2.05, 4.69) is 5.32 Å². The number of piperidine rings is 1. The van der Waals surface area contributed by atoms with Crippen molar-refractivity contribution >= 4 is 17.8 Å². The number of likely N-dealkylation sites (tertiary alicyclic amines) is 1. The Kier molecular flexibility index (Phi) is 6.16. The molecule has 4 aliphatic carbocycles. The molecule has 2 amide bonds.